The maximum atomic E-state index is 8.88. The van der Waals surface area contributed by atoms with Gasteiger partial charge in [-0.25, -0.2) is 0 Å². The van der Waals surface area contributed by atoms with E-state index in [1.54, 1.807) is 12.4 Å². The molecule has 17 heavy (non-hydrogen) atoms. The molecule has 0 fully saturated rings. The second-order valence-corrected chi connectivity index (χ2v) is 3.76. The van der Waals surface area contributed by atoms with E-state index in [1.807, 2.05) is 31.3 Å². The number of hydrogen-bond donors (Lipinski definition) is 1. The zero-order valence-electron chi connectivity index (χ0n) is 9.64. The number of hydrogen-bond acceptors (Lipinski definition) is 3. The van der Waals surface area contributed by atoms with Gasteiger partial charge in [0.1, 0.15) is 6.07 Å². The first kappa shape index (κ1) is 11.3. The van der Waals surface area contributed by atoms with Crippen molar-refractivity contribution in [3.8, 4) is 17.2 Å². The largest absolute Gasteiger partial charge is 0.316 e. The molecule has 3 heteroatoms. The van der Waals surface area contributed by atoms with E-state index < -0.39 is 0 Å². The molecule has 1 N–H and O–H groups in total. The Balaban J connectivity index is 2.48. The molecule has 0 bridgehead atoms. The van der Waals surface area contributed by atoms with Crippen LogP contribution in [0.25, 0.3) is 11.1 Å². The van der Waals surface area contributed by atoms with Gasteiger partial charge in [-0.3, -0.25) is 4.98 Å². The van der Waals surface area contributed by atoms with Crippen molar-refractivity contribution in [2.75, 3.05) is 7.05 Å². The molecule has 0 radical (unpaired) electrons. The number of nitrogens with one attached hydrogen (secondary N) is 1. The molecular weight excluding hydrogens is 210 g/mol. The van der Waals surface area contributed by atoms with Gasteiger partial charge in [0.2, 0.25) is 0 Å². The predicted molar refractivity (Wildman–Crippen MR) is 67.2 cm³/mol. The number of benzene rings is 1. The quantitative estimate of drug-likeness (QED) is 0.868. The molecule has 0 aliphatic heterocycles. The molecule has 1 aromatic carbocycles. The molecule has 84 valence electrons. The van der Waals surface area contributed by atoms with Gasteiger partial charge in [0, 0.05) is 24.5 Å². The first-order valence-electron chi connectivity index (χ1n) is 5.43. The Morgan fingerprint density at radius 3 is 2.88 bits per heavy atom. The van der Waals surface area contributed by atoms with Gasteiger partial charge in [-0.2, -0.15) is 5.26 Å². The highest BCUT2D eigenvalue weighted by molar-refractivity contribution is 5.67. The molecule has 1 aromatic heterocycles. The fourth-order valence-electron chi connectivity index (χ4n) is 1.79. The highest BCUT2D eigenvalue weighted by Gasteiger charge is 2.04. The molecule has 3 nitrogen and oxygen atoms in total. The summed E-state index contributed by atoms with van der Waals surface area (Å²) in [5.74, 6) is 0. The summed E-state index contributed by atoms with van der Waals surface area (Å²) in [5.41, 5.74) is 3.88. The van der Waals surface area contributed by atoms with Crippen LogP contribution in [0, 0.1) is 11.3 Å². The smallest absolute Gasteiger partial charge is 0.101 e. The van der Waals surface area contributed by atoms with Gasteiger partial charge in [0.05, 0.1) is 5.56 Å². The third-order valence-electron chi connectivity index (χ3n) is 2.56. The van der Waals surface area contributed by atoms with E-state index in [9.17, 15) is 0 Å². The number of pyridine rings is 1. The lowest BCUT2D eigenvalue weighted by atomic mass is 10.0. The third kappa shape index (κ3) is 2.49. The van der Waals surface area contributed by atoms with E-state index in [0.29, 0.717) is 5.56 Å². The van der Waals surface area contributed by atoms with Gasteiger partial charge in [-0.05, 0) is 24.2 Å². The summed E-state index contributed by atoms with van der Waals surface area (Å²) in [4.78, 5) is 4.09. The molecular formula is C14H13N3. The van der Waals surface area contributed by atoms with Gasteiger partial charge >= 0.3 is 0 Å². The van der Waals surface area contributed by atoms with Crippen LogP contribution in [0.5, 0.6) is 0 Å². The Bertz CT molecular complexity index is 555. The topological polar surface area (TPSA) is 48.7 Å². The van der Waals surface area contributed by atoms with Crippen molar-refractivity contribution < 1.29 is 0 Å². The van der Waals surface area contributed by atoms with Crippen molar-refractivity contribution in [3.63, 3.8) is 0 Å². The van der Waals surface area contributed by atoms with Crippen LogP contribution in [-0.2, 0) is 6.54 Å². The van der Waals surface area contributed by atoms with Crippen LogP contribution in [0.4, 0.5) is 0 Å². The van der Waals surface area contributed by atoms with Crippen LogP contribution in [0.1, 0.15) is 11.1 Å². The van der Waals surface area contributed by atoms with E-state index in [2.05, 4.69) is 22.4 Å². The van der Waals surface area contributed by atoms with Crippen molar-refractivity contribution in [1.82, 2.24) is 10.3 Å². The minimum atomic E-state index is 0.585. The molecule has 0 aliphatic rings. The summed E-state index contributed by atoms with van der Waals surface area (Å²) in [5, 5.41) is 12.0. The Labute approximate surface area is 101 Å². The monoisotopic (exact) mass is 223 g/mol. The SMILES string of the molecule is CNCc1ccccc1-c1cncc(C#N)c1. The molecule has 2 rings (SSSR count). The normalized spacial score (nSPS) is 9.88. The molecule has 0 spiro atoms. The first-order valence-corrected chi connectivity index (χ1v) is 5.43. The standard InChI is InChI=1S/C14H13N3/c1-16-9-12-4-2-3-5-14(12)13-6-11(7-15)8-17-10-13/h2-6,8,10,16H,9H2,1H3. The summed E-state index contributed by atoms with van der Waals surface area (Å²) in [6.07, 6.45) is 3.36. The molecule has 1 heterocycles. The van der Waals surface area contributed by atoms with Crippen LogP contribution in [-0.4, -0.2) is 12.0 Å². The van der Waals surface area contributed by atoms with Gasteiger partial charge in [0.15, 0.2) is 0 Å². The molecule has 2 aromatic rings. The first-order chi connectivity index (χ1) is 8.35. The highest BCUT2D eigenvalue weighted by atomic mass is 14.8. The van der Waals surface area contributed by atoms with Crippen LogP contribution in [0.3, 0.4) is 0 Å². The van der Waals surface area contributed by atoms with Crippen LogP contribution < -0.4 is 5.32 Å². The summed E-state index contributed by atoms with van der Waals surface area (Å²) in [7, 11) is 1.92. The van der Waals surface area contributed by atoms with Crippen molar-refractivity contribution in [3.05, 3.63) is 53.9 Å². The van der Waals surface area contributed by atoms with Gasteiger partial charge in [-0.1, -0.05) is 24.3 Å². The van der Waals surface area contributed by atoms with E-state index in [-0.39, 0.29) is 0 Å². The molecule has 0 unspecified atom stereocenters. The predicted octanol–water partition coefficient (Wildman–Crippen LogP) is 2.34. The van der Waals surface area contributed by atoms with Crippen LogP contribution in [0.2, 0.25) is 0 Å². The third-order valence-corrected chi connectivity index (χ3v) is 2.56. The van der Waals surface area contributed by atoms with Crippen molar-refractivity contribution in [2.45, 2.75) is 6.54 Å². The minimum Gasteiger partial charge on any atom is -0.316 e. The minimum absolute atomic E-state index is 0.585. The second kappa shape index (κ2) is 5.24. The van der Waals surface area contributed by atoms with Crippen LogP contribution in [0.15, 0.2) is 42.7 Å². The summed E-state index contributed by atoms with van der Waals surface area (Å²) >= 11 is 0. The Morgan fingerprint density at radius 1 is 1.29 bits per heavy atom. The van der Waals surface area contributed by atoms with Crippen molar-refractivity contribution in [1.29, 1.82) is 5.26 Å². The van der Waals surface area contributed by atoms with Crippen LogP contribution >= 0.6 is 0 Å². The van der Waals surface area contributed by atoms with E-state index in [0.717, 1.165) is 17.7 Å². The molecule has 0 atom stereocenters. The fraction of sp³-hybridized carbons (Fsp3) is 0.143. The number of rotatable bonds is 3. The fourth-order valence-corrected chi connectivity index (χ4v) is 1.79. The molecule has 0 amide bonds. The number of nitriles is 1. The number of aromatic nitrogens is 1. The average Bonchev–Trinajstić information content (AvgIpc) is 2.40. The van der Waals surface area contributed by atoms with Gasteiger partial charge in [-0.15, -0.1) is 0 Å². The summed E-state index contributed by atoms with van der Waals surface area (Å²) in [6.45, 7) is 0.799. The van der Waals surface area contributed by atoms with E-state index in [1.165, 1.54) is 5.56 Å². The average molecular weight is 223 g/mol. The summed E-state index contributed by atoms with van der Waals surface area (Å²) in [6, 6.07) is 12.1. The van der Waals surface area contributed by atoms with Gasteiger partial charge in [0.25, 0.3) is 0 Å². The zero-order valence-corrected chi connectivity index (χ0v) is 9.64. The molecule has 0 saturated heterocycles. The molecule has 0 aliphatic carbocycles. The Hall–Kier alpha value is -2.18. The van der Waals surface area contributed by atoms with Crippen molar-refractivity contribution >= 4 is 0 Å². The maximum Gasteiger partial charge on any atom is 0.101 e. The Morgan fingerprint density at radius 2 is 2.12 bits per heavy atom. The lowest BCUT2D eigenvalue weighted by Gasteiger charge is -2.08. The second-order valence-electron chi connectivity index (χ2n) is 3.76. The van der Waals surface area contributed by atoms with E-state index in [4.69, 9.17) is 5.26 Å². The Kier molecular flexibility index (Phi) is 3.49. The lowest BCUT2D eigenvalue weighted by molar-refractivity contribution is 0.819. The molecule has 0 saturated carbocycles. The summed E-state index contributed by atoms with van der Waals surface area (Å²) < 4.78 is 0. The lowest BCUT2D eigenvalue weighted by Crippen LogP contribution is -2.06. The van der Waals surface area contributed by atoms with Gasteiger partial charge < -0.3 is 5.32 Å². The number of nitrogens with zero attached hydrogens (tertiary/aromatic N) is 2. The van der Waals surface area contributed by atoms with E-state index >= 15 is 0 Å². The van der Waals surface area contributed by atoms with Crippen molar-refractivity contribution in [2.24, 2.45) is 0 Å². The highest BCUT2D eigenvalue weighted by Crippen LogP contribution is 2.23. The zero-order chi connectivity index (χ0) is 12.1. The maximum absolute atomic E-state index is 8.88.